The molecule has 1 atom stereocenters. The number of halogens is 1. The predicted octanol–water partition coefficient (Wildman–Crippen LogP) is 2.93. The molecule has 3 rings (SSSR count). The number of hydrogen-bond acceptors (Lipinski definition) is 3. The molecule has 0 bridgehead atoms. The zero-order valence-electron chi connectivity index (χ0n) is 17.4. The van der Waals surface area contributed by atoms with Crippen molar-refractivity contribution in [2.75, 3.05) is 40.3 Å². The Morgan fingerprint density at radius 2 is 1.79 bits per heavy atom. The first kappa shape index (κ1) is 20.8. The van der Waals surface area contributed by atoms with Crippen molar-refractivity contribution in [1.29, 1.82) is 0 Å². The normalized spacial score (nSPS) is 20.5. The van der Waals surface area contributed by atoms with Crippen LogP contribution in [0.15, 0.2) is 24.3 Å². The summed E-state index contributed by atoms with van der Waals surface area (Å²) in [6.07, 6.45) is 2.34. The number of piperidine rings is 1. The van der Waals surface area contributed by atoms with E-state index in [-0.39, 0.29) is 23.0 Å². The van der Waals surface area contributed by atoms with E-state index >= 15 is 0 Å². The summed E-state index contributed by atoms with van der Waals surface area (Å²) in [5.41, 5.74) is 0.822. The van der Waals surface area contributed by atoms with Crippen molar-refractivity contribution in [3.8, 4) is 0 Å². The maximum Gasteiger partial charge on any atom is 0.244 e. The van der Waals surface area contributed by atoms with Gasteiger partial charge in [-0.25, -0.2) is 4.39 Å². The van der Waals surface area contributed by atoms with Crippen molar-refractivity contribution in [3.63, 3.8) is 0 Å². The van der Waals surface area contributed by atoms with Crippen LogP contribution in [0.3, 0.4) is 0 Å². The summed E-state index contributed by atoms with van der Waals surface area (Å²) in [7, 11) is 3.74. The number of amides is 2. The average molecular weight is 390 g/mol. The fourth-order valence-electron chi connectivity index (χ4n) is 4.60. The molecule has 1 aromatic carbocycles. The van der Waals surface area contributed by atoms with Gasteiger partial charge in [0.05, 0.1) is 0 Å². The fourth-order valence-corrected chi connectivity index (χ4v) is 4.60. The number of rotatable bonds is 5. The molecule has 5 nitrogen and oxygen atoms in total. The molecule has 0 N–H and O–H groups in total. The maximum atomic E-state index is 13.3. The third kappa shape index (κ3) is 4.37. The summed E-state index contributed by atoms with van der Waals surface area (Å²) in [6.45, 7) is 7.25. The molecule has 154 valence electrons. The molecule has 0 aliphatic carbocycles. The Bertz CT molecular complexity index is 709. The van der Waals surface area contributed by atoms with Crippen LogP contribution in [0.5, 0.6) is 0 Å². The van der Waals surface area contributed by atoms with Crippen LogP contribution in [0.25, 0.3) is 0 Å². The van der Waals surface area contributed by atoms with Gasteiger partial charge in [-0.05, 0) is 50.6 Å². The van der Waals surface area contributed by atoms with Gasteiger partial charge in [-0.15, -0.1) is 0 Å². The van der Waals surface area contributed by atoms with E-state index in [1.807, 2.05) is 28.8 Å². The zero-order valence-corrected chi connectivity index (χ0v) is 17.4. The third-order valence-corrected chi connectivity index (χ3v) is 6.06. The number of likely N-dealkylation sites (N-methyl/N-ethyl adjacent to an activating group) is 1. The van der Waals surface area contributed by atoms with Crippen molar-refractivity contribution >= 4 is 11.8 Å². The molecule has 0 radical (unpaired) electrons. The Labute approximate surface area is 167 Å². The molecular formula is C22H32FN3O2. The van der Waals surface area contributed by atoms with Crippen molar-refractivity contribution in [2.45, 2.75) is 39.2 Å². The SMILES string of the molecule is CC(C)CN1CC2(CCN(C(=O)[C@@H](c3ccc(F)cc3)N(C)C)CC2)CC1=O. The van der Waals surface area contributed by atoms with E-state index in [0.717, 1.165) is 31.5 Å². The topological polar surface area (TPSA) is 43.9 Å². The number of carbonyl (C=O) groups is 2. The lowest BCUT2D eigenvalue weighted by Gasteiger charge is -2.41. The van der Waals surface area contributed by atoms with Gasteiger partial charge in [0.1, 0.15) is 11.9 Å². The first-order chi connectivity index (χ1) is 13.2. The van der Waals surface area contributed by atoms with E-state index in [1.165, 1.54) is 12.1 Å². The maximum absolute atomic E-state index is 13.3. The molecule has 28 heavy (non-hydrogen) atoms. The molecular weight excluding hydrogens is 357 g/mol. The highest BCUT2D eigenvalue weighted by Gasteiger charge is 2.46. The van der Waals surface area contributed by atoms with Gasteiger partial charge in [0, 0.05) is 38.0 Å². The molecule has 0 unspecified atom stereocenters. The van der Waals surface area contributed by atoms with Crippen LogP contribution in [-0.4, -0.2) is 66.8 Å². The molecule has 1 spiro atoms. The largest absolute Gasteiger partial charge is 0.342 e. The summed E-state index contributed by atoms with van der Waals surface area (Å²) in [4.78, 5) is 31.4. The van der Waals surface area contributed by atoms with E-state index < -0.39 is 6.04 Å². The number of nitrogens with zero attached hydrogens (tertiary/aromatic N) is 3. The van der Waals surface area contributed by atoms with Gasteiger partial charge in [-0.1, -0.05) is 26.0 Å². The first-order valence-corrected chi connectivity index (χ1v) is 10.2. The van der Waals surface area contributed by atoms with Gasteiger partial charge in [-0.2, -0.15) is 0 Å². The summed E-state index contributed by atoms with van der Waals surface area (Å²) in [6, 6.07) is 5.75. The van der Waals surface area contributed by atoms with Crippen molar-refractivity contribution in [3.05, 3.63) is 35.6 Å². The van der Waals surface area contributed by atoms with Crippen molar-refractivity contribution < 1.29 is 14.0 Å². The third-order valence-electron chi connectivity index (χ3n) is 6.06. The van der Waals surface area contributed by atoms with Crippen LogP contribution in [0, 0.1) is 17.2 Å². The Hall–Kier alpha value is -1.95. The smallest absolute Gasteiger partial charge is 0.244 e. The first-order valence-electron chi connectivity index (χ1n) is 10.2. The summed E-state index contributed by atoms with van der Waals surface area (Å²) in [5.74, 6) is 0.476. The van der Waals surface area contributed by atoms with Crippen LogP contribution in [0.1, 0.15) is 44.7 Å². The molecule has 1 aromatic rings. The second kappa shape index (κ2) is 8.19. The fraction of sp³-hybridized carbons (Fsp3) is 0.636. The minimum atomic E-state index is -0.419. The van der Waals surface area contributed by atoms with Crippen LogP contribution in [-0.2, 0) is 9.59 Å². The lowest BCUT2D eigenvalue weighted by molar-refractivity contribution is -0.138. The summed E-state index contributed by atoms with van der Waals surface area (Å²) >= 11 is 0. The highest BCUT2D eigenvalue weighted by Crippen LogP contribution is 2.41. The second-order valence-electron chi connectivity index (χ2n) is 9.09. The molecule has 2 aliphatic heterocycles. The van der Waals surface area contributed by atoms with Crippen LogP contribution >= 0.6 is 0 Å². The number of benzene rings is 1. The molecule has 2 saturated heterocycles. The molecule has 2 fully saturated rings. The highest BCUT2D eigenvalue weighted by molar-refractivity contribution is 5.83. The molecule has 0 saturated carbocycles. The number of carbonyl (C=O) groups excluding carboxylic acids is 2. The van der Waals surface area contributed by atoms with Crippen molar-refractivity contribution in [2.24, 2.45) is 11.3 Å². The standard InChI is InChI=1S/C22H32FN3O2/c1-16(2)14-26-15-22(13-19(26)27)9-11-25(12-10-22)21(28)20(24(3)4)17-5-7-18(23)8-6-17/h5-8,16,20H,9-15H2,1-4H3/t20-/m1/s1. The lowest BCUT2D eigenvalue weighted by Crippen LogP contribution is -2.48. The molecule has 6 heteroatoms. The van der Waals surface area contributed by atoms with E-state index in [4.69, 9.17) is 0 Å². The lowest BCUT2D eigenvalue weighted by atomic mass is 9.77. The van der Waals surface area contributed by atoms with Gasteiger partial charge in [0.25, 0.3) is 0 Å². The monoisotopic (exact) mass is 389 g/mol. The number of hydrogen-bond donors (Lipinski definition) is 0. The molecule has 2 aliphatic rings. The minimum Gasteiger partial charge on any atom is -0.342 e. The van der Waals surface area contributed by atoms with E-state index in [1.54, 1.807) is 12.1 Å². The number of likely N-dealkylation sites (tertiary alicyclic amines) is 2. The van der Waals surface area contributed by atoms with Crippen LogP contribution < -0.4 is 0 Å². The van der Waals surface area contributed by atoms with Gasteiger partial charge >= 0.3 is 0 Å². The predicted molar refractivity (Wildman–Crippen MR) is 107 cm³/mol. The Morgan fingerprint density at radius 3 is 2.32 bits per heavy atom. The average Bonchev–Trinajstić information content (AvgIpc) is 2.91. The summed E-state index contributed by atoms with van der Waals surface area (Å²) in [5, 5.41) is 0. The zero-order chi connectivity index (χ0) is 20.5. The van der Waals surface area contributed by atoms with E-state index in [9.17, 15) is 14.0 Å². The minimum absolute atomic E-state index is 0.0201. The van der Waals surface area contributed by atoms with E-state index in [0.29, 0.717) is 25.4 Å². The molecule has 2 amide bonds. The summed E-state index contributed by atoms with van der Waals surface area (Å²) < 4.78 is 13.3. The molecule has 2 heterocycles. The Balaban J connectivity index is 1.66. The van der Waals surface area contributed by atoms with Gasteiger partial charge in [0.2, 0.25) is 11.8 Å². The quantitative estimate of drug-likeness (QED) is 0.778. The van der Waals surface area contributed by atoms with Gasteiger partial charge in [0.15, 0.2) is 0 Å². The van der Waals surface area contributed by atoms with Gasteiger partial charge < -0.3 is 9.80 Å². The second-order valence-corrected chi connectivity index (χ2v) is 9.09. The Kier molecular flexibility index (Phi) is 6.08. The van der Waals surface area contributed by atoms with E-state index in [2.05, 4.69) is 13.8 Å². The van der Waals surface area contributed by atoms with Crippen molar-refractivity contribution in [1.82, 2.24) is 14.7 Å². The highest BCUT2D eigenvalue weighted by atomic mass is 19.1. The van der Waals surface area contributed by atoms with Crippen LogP contribution in [0.2, 0.25) is 0 Å². The molecule has 0 aromatic heterocycles. The van der Waals surface area contributed by atoms with Gasteiger partial charge in [-0.3, -0.25) is 14.5 Å². The Morgan fingerprint density at radius 1 is 1.18 bits per heavy atom. The van der Waals surface area contributed by atoms with Crippen LogP contribution in [0.4, 0.5) is 4.39 Å².